The highest BCUT2D eigenvalue weighted by molar-refractivity contribution is 6.34. The normalized spacial score (nSPS) is 9.89. The van der Waals surface area contributed by atoms with Gasteiger partial charge < -0.3 is 14.8 Å². The Hall–Kier alpha value is -1.75. The molecule has 0 spiro atoms. The summed E-state index contributed by atoms with van der Waals surface area (Å²) >= 11 is 6.01. The topological polar surface area (TPSA) is 64.6 Å². The van der Waals surface area contributed by atoms with Gasteiger partial charge in [0.25, 0.3) is 0 Å². The minimum absolute atomic E-state index is 0.239. The first-order chi connectivity index (χ1) is 8.99. The van der Waals surface area contributed by atoms with E-state index in [1.54, 1.807) is 13.8 Å². The maximum atomic E-state index is 11.8. The molecule has 0 aliphatic carbocycles. The third-order valence-corrected chi connectivity index (χ3v) is 2.49. The molecule has 0 atom stereocenters. The molecule has 1 aromatic carbocycles. The van der Waals surface area contributed by atoms with Gasteiger partial charge in [0.1, 0.15) is 11.3 Å². The molecule has 1 amide bonds. The lowest BCUT2D eigenvalue weighted by atomic mass is 10.1. The lowest BCUT2D eigenvalue weighted by Gasteiger charge is -2.13. The molecule has 0 aromatic heterocycles. The third-order valence-electron chi connectivity index (χ3n) is 2.18. The number of nitrogens with one attached hydrogen (secondary N) is 1. The summed E-state index contributed by atoms with van der Waals surface area (Å²) < 4.78 is 10.3. The molecule has 19 heavy (non-hydrogen) atoms. The van der Waals surface area contributed by atoms with Gasteiger partial charge >= 0.3 is 5.97 Å². The van der Waals surface area contributed by atoms with Gasteiger partial charge in [0, 0.05) is 13.0 Å². The molecule has 0 aliphatic heterocycles. The van der Waals surface area contributed by atoms with Crippen molar-refractivity contribution < 1.29 is 19.1 Å². The van der Waals surface area contributed by atoms with E-state index < -0.39 is 5.97 Å². The Morgan fingerprint density at radius 3 is 2.47 bits per heavy atom. The second kappa shape index (κ2) is 6.99. The lowest BCUT2D eigenvalue weighted by molar-refractivity contribution is -0.114. The standard InChI is InChI=1S/C13H16ClNO4/c1-4-18-12-7-11(15-8(3)16)10(14)6-9(12)13(17)19-5-2/h6-7H,4-5H2,1-3H3,(H,15,16). The van der Waals surface area contributed by atoms with Crippen molar-refractivity contribution in [3.63, 3.8) is 0 Å². The van der Waals surface area contributed by atoms with Crippen molar-refractivity contribution in [1.82, 2.24) is 0 Å². The largest absolute Gasteiger partial charge is 0.493 e. The molecule has 0 unspecified atom stereocenters. The van der Waals surface area contributed by atoms with E-state index >= 15 is 0 Å². The quantitative estimate of drug-likeness (QED) is 0.845. The SMILES string of the molecule is CCOC(=O)c1cc(Cl)c(NC(C)=O)cc1OCC. The number of ether oxygens (including phenoxy) is 2. The zero-order valence-electron chi connectivity index (χ0n) is 11.1. The average Bonchev–Trinajstić information content (AvgIpc) is 2.33. The van der Waals surface area contributed by atoms with Gasteiger partial charge in [-0.3, -0.25) is 4.79 Å². The number of benzene rings is 1. The van der Waals surface area contributed by atoms with Crippen LogP contribution < -0.4 is 10.1 Å². The summed E-state index contributed by atoms with van der Waals surface area (Å²) in [5, 5.41) is 2.82. The first-order valence-corrected chi connectivity index (χ1v) is 6.28. The number of hydrogen-bond donors (Lipinski definition) is 1. The average molecular weight is 286 g/mol. The highest BCUT2D eigenvalue weighted by Crippen LogP contribution is 2.31. The van der Waals surface area contributed by atoms with Crippen molar-refractivity contribution in [3.8, 4) is 5.75 Å². The van der Waals surface area contributed by atoms with Gasteiger partial charge in [-0.05, 0) is 19.9 Å². The second-order valence-corrected chi connectivity index (χ2v) is 4.07. The summed E-state index contributed by atoms with van der Waals surface area (Å²) in [6.45, 7) is 5.52. The Morgan fingerprint density at radius 1 is 1.26 bits per heavy atom. The molecule has 0 saturated carbocycles. The van der Waals surface area contributed by atoms with Crippen LogP contribution in [-0.2, 0) is 9.53 Å². The van der Waals surface area contributed by atoms with Crippen molar-refractivity contribution >= 4 is 29.2 Å². The number of esters is 1. The molecule has 1 N–H and O–H groups in total. The number of rotatable bonds is 5. The summed E-state index contributed by atoms with van der Waals surface area (Å²) in [4.78, 5) is 22.8. The van der Waals surface area contributed by atoms with Crippen LogP contribution in [0.15, 0.2) is 12.1 Å². The Balaban J connectivity index is 3.20. The smallest absolute Gasteiger partial charge is 0.341 e. The number of carbonyl (C=O) groups excluding carboxylic acids is 2. The molecule has 0 saturated heterocycles. The first kappa shape index (κ1) is 15.3. The highest BCUT2D eigenvalue weighted by atomic mass is 35.5. The summed E-state index contributed by atoms with van der Waals surface area (Å²) in [5.41, 5.74) is 0.633. The number of anilines is 1. The third kappa shape index (κ3) is 4.13. The van der Waals surface area contributed by atoms with Crippen LogP contribution in [0.4, 0.5) is 5.69 Å². The molecule has 0 aliphatic rings. The lowest BCUT2D eigenvalue weighted by Crippen LogP contribution is -2.11. The Morgan fingerprint density at radius 2 is 1.95 bits per heavy atom. The van der Waals surface area contributed by atoms with E-state index in [0.29, 0.717) is 18.0 Å². The van der Waals surface area contributed by atoms with E-state index in [0.717, 1.165) is 0 Å². The van der Waals surface area contributed by atoms with Crippen LogP contribution in [0.1, 0.15) is 31.1 Å². The van der Waals surface area contributed by atoms with E-state index in [9.17, 15) is 9.59 Å². The maximum absolute atomic E-state index is 11.8. The zero-order chi connectivity index (χ0) is 14.4. The fourth-order valence-electron chi connectivity index (χ4n) is 1.48. The van der Waals surface area contributed by atoms with Crippen molar-refractivity contribution in [2.24, 2.45) is 0 Å². The molecular weight excluding hydrogens is 270 g/mol. The molecule has 0 radical (unpaired) electrons. The van der Waals surface area contributed by atoms with Crippen LogP contribution in [0.3, 0.4) is 0 Å². The van der Waals surface area contributed by atoms with Crippen LogP contribution in [0.25, 0.3) is 0 Å². The van der Waals surface area contributed by atoms with E-state index in [4.69, 9.17) is 21.1 Å². The van der Waals surface area contributed by atoms with Gasteiger partial charge in [0.2, 0.25) is 5.91 Å². The molecule has 6 heteroatoms. The van der Waals surface area contributed by atoms with Gasteiger partial charge in [0.15, 0.2) is 0 Å². The van der Waals surface area contributed by atoms with E-state index in [1.807, 2.05) is 0 Å². The summed E-state index contributed by atoms with van der Waals surface area (Å²) in [6.07, 6.45) is 0. The maximum Gasteiger partial charge on any atom is 0.341 e. The van der Waals surface area contributed by atoms with Gasteiger partial charge in [-0.2, -0.15) is 0 Å². The minimum Gasteiger partial charge on any atom is -0.493 e. The predicted molar refractivity (Wildman–Crippen MR) is 72.9 cm³/mol. The molecule has 1 rings (SSSR count). The van der Waals surface area contributed by atoms with Crippen LogP contribution in [0, 0.1) is 0 Å². The van der Waals surface area contributed by atoms with Crippen molar-refractivity contribution in [1.29, 1.82) is 0 Å². The molecule has 104 valence electrons. The van der Waals surface area contributed by atoms with Gasteiger partial charge in [0.05, 0.1) is 23.9 Å². The number of hydrogen-bond acceptors (Lipinski definition) is 4. The second-order valence-electron chi connectivity index (χ2n) is 3.66. The minimum atomic E-state index is -0.512. The van der Waals surface area contributed by atoms with E-state index in [2.05, 4.69) is 5.32 Å². The first-order valence-electron chi connectivity index (χ1n) is 5.90. The number of halogens is 1. The molecule has 0 heterocycles. The van der Waals surface area contributed by atoms with Crippen molar-refractivity contribution in [2.75, 3.05) is 18.5 Å². The number of carbonyl (C=O) groups is 2. The highest BCUT2D eigenvalue weighted by Gasteiger charge is 2.17. The monoisotopic (exact) mass is 285 g/mol. The van der Waals surface area contributed by atoms with Crippen LogP contribution in [0.2, 0.25) is 5.02 Å². The van der Waals surface area contributed by atoms with E-state index in [1.165, 1.54) is 19.1 Å². The van der Waals surface area contributed by atoms with Crippen LogP contribution in [-0.4, -0.2) is 25.1 Å². The molecule has 0 bridgehead atoms. The summed E-state index contributed by atoms with van der Waals surface area (Å²) in [5.74, 6) is -0.440. The van der Waals surface area contributed by atoms with Crippen molar-refractivity contribution in [2.45, 2.75) is 20.8 Å². The van der Waals surface area contributed by atoms with Gasteiger partial charge in [-0.1, -0.05) is 11.6 Å². The summed E-state index contributed by atoms with van der Waals surface area (Å²) in [6, 6.07) is 2.94. The van der Waals surface area contributed by atoms with Crippen LogP contribution >= 0.6 is 11.6 Å². The van der Waals surface area contributed by atoms with Crippen molar-refractivity contribution in [3.05, 3.63) is 22.7 Å². The molecular formula is C13H16ClNO4. The zero-order valence-corrected chi connectivity index (χ0v) is 11.8. The Kier molecular flexibility index (Phi) is 5.63. The molecule has 5 nitrogen and oxygen atoms in total. The summed E-state index contributed by atoms with van der Waals surface area (Å²) in [7, 11) is 0. The van der Waals surface area contributed by atoms with Crippen LogP contribution in [0.5, 0.6) is 5.75 Å². The Bertz CT molecular complexity index is 488. The van der Waals surface area contributed by atoms with Gasteiger partial charge in [-0.25, -0.2) is 4.79 Å². The number of amides is 1. The van der Waals surface area contributed by atoms with Gasteiger partial charge in [-0.15, -0.1) is 0 Å². The Labute approximate surface area is 116 Å². The predicted octanol–water partition coefficient (Wildman–Crippen LogP) is 2.87. The van der Waals surface area contributed by atoms with E-state index in [-0.39, 0.29) is 23.1 Å². The fourth-order valence-corrected chi connectivity index (χ4v) is 1.69. The fraction of sp³-hybridized carbons (Fsp3) is 0.385. The molecule has 0 fully saturated rings. The molecule has 1 aromatic rings.